The van der Waals surface area contributed by atoms with Crippen LogP contribution >= 0.6 is 0 Å². The van der Waals surface area contributed by atoms with Gasteiger partial charge in [-0.25, -0.2) is 0 Å². The van der Waals surface area contributed by atoms with E-state index in [0.29, 0.717) is 19.3 Å². The van der Waals surface area contributed by atoms with Crippen molar-refractivity contribution in [2.75, 3.05) is 13.2 Å². The first-order chi connectivity index (χ1) is 41.0. The number of hydrogen-bond acceptors (Lipinski definition) is 6. The molecule has 0 amide bonds. The summed E-state index contributed by atoms with van der Waals surface area (Å²) in [5, 5.41) is 0. The van der Waals surface area contributed by atoms with E-state index in [-0.39, 0.29) is 37.5 Å². The van der Waals surface area contributed by atoms with Crippen molar-refractivity contribution in [1.29, 1.82) is 0 Å². The Morgan fingerprint density at radius 1 is 0.253 bits per heavy atom. The van der Waals surface area contributed by atoms with Crippen LogP contribution in [0.25, 0.3) is 0 Å². The van der Waals surface area contributed by atoms with Gasteiger partial charge in [0.25, 0.3) is 0 Å². The Balaban J connectivity index is 4.50. The molecule has 83 heavy (non-hydrogen) atoms. The molecule has 0 aromatic carbocycles. The molecule has 0 saturated heterocycles. The van der Waals surface area contributed by atoms with Gasteiger partial charge in [0, 0.05) is 19.3 Å². The highest BCUT2D eigenvalue weighted by molar-refractivity contribution is 5.71. The van der Waals surface area contributed by atoms with Crippen molar-refractivity contribution >= 4 is 17.9 Å². The van der Waals surface area contributed by atoms with Crippen LogP contribution < -0.4 is 0 Å². The van der Waals surface area contributed by atoms with Crippen molar-refractivity contribution in [3.8, 4) is 0 Å². The van der Waals surface area contributed by atoms with Gasteiger partial charge in [-0.1, -0.05) is 301 Å². The average Bonchev–Trinajstić information content (AvgIpc) is 3.49. The molecule has 0 aliphatic carbocycles. The van der Waals surface area contributed by atoms with Crippen molar-refractivity contribution in [2.45, 2.75) is 309 Å². The van der Waals surface area contributed by atoms with E-state index >= 15 is 0 Å². The van der Waals surface area contributed by atoms with Gasteiger partial charge in [-0.3, -0.25) is 14.4 Å². The summed E-state index contributed by atoms with van der Waals surface area (Å²) in [5.74, 6) is -1.01. The summed E-state index contributed by atoms with van der Waals surface area (Å²) in [6, 6.07) is 0. The fourth-order valence-corrected chi connectivity index (χ4v) is 9.26. The van der Waals surface area contributed by atoms with Gasteiger partial charge in [-0.05, 0) is 128 Å². The van der Waals surface area contributed by atoms with E-state index < -0.39 is 6.10 Å². The van der Waals surface area contributed by atoms with Crippen molar-refractivity contribution in [2.24, 2.45) is 0 Å². The lowest BCUT2D eigenvalue weighted by atomic mass is 10.0. The van der Waals surface area contributed by atoms with E-state index in [1.807, 2.05) is 6.08 Å². The fraction of sp³-hybridized carbons (Fsp3) is 0.649. The highest BCUT2D eigenvalue weighted by Gasteiger charge is 2.19. The molecule has 0 aliphatic rings. The maximum atomic E-state index is 13.0. The molecule has 0 saturated carbocycles. The van der Waals surface area contributed by atoms with Gasteiger partial charge >= 0.3 is 17.9 Å². The van der Waals surface area contributed by atoms with Gasteiger partial charge in [0.15, 0.2) is 6.10 Å². The van der Waals surface area contributed by atoms with Crippen molar-refractivity contribution in [1.82, 2.24) is 0 Å². The Labute approximate surface area is 512 Å². The first-order valence-electron chi connectivity index (χ1n) is 34.3. The highest BCUT2D eigenvalue weighted by atomic mass is 16.6. The van der Waals surface area contributed by atoms with Gasteiger partial charge in [-0.2, -0.15) is 0 Å². The third-order valence-electron chi connectivity index (χ3n) is 14.3. The SMILES string of the molecule is CC/C=C\C/C=C\C/C=C\C/C=C\C/C=C\C/C=C\CCC(=O)OCC(COC(=O)CCCCCCCCC/C=C\C/C=C\C/C=C\C/C=C\C/C=C\CC)OC(=O)CCCCCCCCCCCCC/C=C\CCCCCCCCCC. The Morgan fingerprint density at radius 3 is 0.819 bits per heavy atom. The van der Waals surface area contributed by atoms with Crippen LogP contribution in [-0.4, -0.2) is 37.2 Å². The summed E-state index contributed by atoms with van der Waals surface area (Å²) in [6.07, 6.45) is 100. The molecule has 1 unspecified atom stereocenters. The number of ether oxygens (including phenoxy) is 3. The van der Waals surface area contributed by atoms with E-state index in [4.69, 9.17) is 14.2 Å². The van der Waals surface area contributed by atoms with Crippen LogP contribution in [0.5, 0.6) is 0 Å². The van der Waals surface area contributed by atoms with Crippen LogP contribution in [0.1, 0.15) is 303 Å². The predicted molar refractivity (Wildman–Crippen MR) is 362 cm³/mol. The minimum atomic E-state index is -0.822. The van der Waals surface area contributed by atoms with Gasteiger partial charge in [0.2, 0.25) is 0 Å². The number of rotatable bonds is 61. The zero-order chi connectivity index (χ0) is 59.9. The fourth-order valence-electron chi connectivity index (χ4n) is 9.26. The molecule has 6 heteroatoms. The second-order valence-electron chi connectivity index (χ2n) is 22.3. The summed E-state index contributed by atoms with van der Waals surface area (Å²) in [6.45, 7) is 6.36. The van der Waals surface area contributed by atoms with E-state index in [9.17, 15) is 14.4 Å². The number of allylic oxidation sites excluding steroid dienone is 24. The van der Waals surface area contributed by atoms with E-state index in [2.05, 4.69) is 161 Å². The van der Waals surface area contributed by atoms with E-state index in [1.54, 1.807) is 0 Å². The molecular weight excluding hydrogens is 1020 g/mol. The molecule has 0 bridgehead atoms. The Bertz CT molecular complexity index is 1800. The molecule has 470 valence electrons. The standard InChI is InChI=1S/C77H126O6/c1-4-7-10-13-16-19-22-25-28-31-34-36-38-40-43-46-49-52-55-58-61-64-67-70-76(79)82-73-74(72-81-75(78)69-66-63-60-57-54-51-48-45-42-33-30-27-24-21-18-15-12-9-6-3)83-77(80)71-68-65-62-59-56-53-50-47-44-41-39-37-35-32-29-26-23-20-17-14-11-8-5-2/h7,9-10,12,16,18-19,21,25,27-28,30,32,34-36,40,42-43,45,51,54,60,63,74H,4-6,8,11,13-15,17,20,22-24,26,29,31,33,37-39,41,44,46-50,52-53,55-59,61-62,64-73H2,1-3H3/b10-7-,12-9-,19-16-,21-18-,28-25-,30-27-,35-32-,36-34-,43-40-,45-42-,54-51-,63-60-. The Kier molecular flexibility index (Phi) is 65.8. The lowest BCUT2D eigenvalue weighted by molar-refractivity contribution is -0.166. The van der Waals surface area contributed by atoms with Crippen LogP contribution in [0.2, 0.25) is 0 Å². The van der Waals surface area contributed by atoms with Crippen LogP contribution in [0.4, 0.5) is 0 Å². The van der Waals surface area contributed by atoms with Crippen LogP contribution in [-0.2, 0) is 28.6 Å². The number of esters is 3. The lowest BCUT2D eigenvalue weighted by Crippen LogP contribution is -2.30. The molecule has 6 nitrogen and oxygen atoms in total. The van der Waals surface area contributed by atoms with Gasteiger partial charge in [-0.15, -0.1) is 0 Å². The smallest absolute Gasteiger partial charge is 0.306 e. The number of carbonyl (C=O) groups excluding carboxylic acids is 3. The molecule has 0 aromatic heterocycles. The largest absolute Gasteiger partial charge is 0.462 e. The van der Waals surface area contributed by atoms with Crippen molar-refractivity contribution in [3.05, 3.63) is 146 Å². The zero-order valence-corrected chi connectivity index (χ0v) is 53.9. The van der Waals surface area contributed by atoms with Gasteiger partial charge in [0.1, 0.15) is 13.2 Å². The van der Waals surface area contributed by atoms with Crippen molar-refractivity contribution in [3.63, 3.8) is 0 Å². The molecule has 0 heterocycles. The minimum absolute atomic E-state index is 0.112. The zero-order valence-electron chi connectivity index (χ0n) is 53.9. The summed E-state index contributed by atoms with van der Waals surface area (Å²) in [4.78, 5) is 38.4. The summed E-state index contributed by atoms with van der Waals surface area (Å²) < 4.78 is 16.9. The molecule has 1 atom stereocenters. The summed E-state index contributed by atoms with van der Waals surface area (Å²) in [7, 11) is 0. The van der Waals surface area contributed by atoms with E-state index in [0.717, 1.165) is 116 Å². The average molecular weight is 1150 g/mol. The molecule has 0 aromatic rings. The van der Waals surface area contributed by atoms with Crippen LogP contribution in [0.15, 0.2) is 146 Å². The van der Waals surface area contributed by atoms with Crippen LogP contribution in [0.3, 0.4) is 0 Å². The second kappa shape index (κ2) is 69.8. The number of carbonyl (C=O) groups is 3. The Morgan fingerprint density at radius 2 is 0.494 bits per heavy atom. The minimum Gasteiger partial charge on any atom is -0.462 e. The predicted octanol–water partition coefficient (Wildman–Crippen LogP) is 23.9. The van der Waals surface area contributed by atoms with Crippen molar-refractivity contribution < 1.29 is 28.6 Å². The van der Waals surface area contributed by atoms with Gasteiger partial charge in [0.05, 0.1) is 0 Å². The third kappa shape index (κ3) is 68.0. The molecule has 0 spiro atoms. The molecule has 0 radical (unpaired) electrons. The topological polar surface area (TPSA) is 78.9 Å². The summed E-state index contributed by atoms with van der Waals surface area (Å²) in [5.41, 5.74) is 0. The third-order valence-corrected chi connectivity index (χ3v) is 14.3. The molecule has 0 N–H and O–H groups in total. The molecule has 0 fully saturated rings. The first-order valence-corrected chi connectivity index (χ1v) is 34.3. The first kappa shape index (κ1) is 78.3. The highest BCUT2D eigenvalue weighted by Crippen LogP contribution is 2.16. The maximum Gasteiger partial charge on any atom is 0.306 e. The normalized spacial score (nSPS) is 13.0. The molecular formula is C77H126O6. The quantitative estimate of drug-likeness (QED) is 0.0261. The van der Waals surface area contributed by atoms with Gasteiger partial charge < -0.3 is 14.2 Å². The molecule has 0 aliphatic heterocycles. The molecule has 0 rings (SSSR count). The number of unbranched alkanes of at least 4 members (excludes halogenated alkanes) is 26. The van der Waals surface area contributed by atoms with E-state index in [1.165, 1.54) is 141 Å². The second-order valence-corrected chi connectivity index (χ2v) is 22.3. The summed E-state index contributed by atoms with van der Waals surface area (Å²) >= 11 is 0. The Hall–Kier alpha value is -4.71. The lowest BCUT2D eigenvalue weighted by Gasteiger charge is -2.18. The monoisotopic (exact) mass is 1150 g/mol. The maximum absolute atomic E-state index is 13.0. The number of hydrogen-bond donors (Lipinski definition) is 0. The van der Waals surface area contributed by atoms with Crippen LogP contribution in [0, 0.1) is 0 Å².